The summed E-state index contributed by atoms with van der Waals surface area (Å²) in [4.78, 5) is 3.63. The predicted molar refractivity (Wildman–Crippen MR) is 83.1 cm³/mol. The van der Waals surface area contributed by atoms with Crippen molar-refractivity contribution in [1.82, 2.24) is 5.32 Å². The zero-order valence-electron chi connectivity index (χ0n) is 11.6. The number of hydrogen-bond donors (Lipinski definition) is 1. The lowest BCUT2D eigenvalue weighted by molar-refractivity contribution is 0.578. The molecule has 0 radical (unpaired) electrons. The first kappa shape index (κ1) is 13.6. The Balaban J connectivity index is 1.54. The Labute approximate surface area is 123 Å². The van der Waals surface area contributed by atoms with E-state index in [0.717, 1.165) is 31.7 Å². The summed E-state index contributed by atoms with van der Waals surface area (Å²) < 4.78 is 13.3. The fourth-order valence-corrected chi connectivity index (χ4v) is 3.46. The summed E-state index contributed by atoms with van der Waals surface area (Å²) in [7, 11) is 0. The van der Waals surface area contributed by atoms with Gasteiger partial charge in [-0.1, -0.05) is 12.1 Å². The Bertz CT molecular complexity index is 568. The molecular weight excluding hydrogens is 271 g/mol. The molecule has 1 aromatic heterocycles. The molecule has 1 N–H and O–H groups in total. The minimum atomic E-state index is -0.143. The second kappa shape index (κ2) is 5.94. The zero-order valence-corrected chi connectivity index (χ0v) is 12.4. The Hall–Kier alpha value is -1.39. The Morgan fingerprint density at radius 3 is 3.10 bits per heavy atom. The van der Waals surface area contributed by atoms with E-state index in [-0.39, 0.29) is 5.82 Å². The van der Waals surface area contributed by atoms with Crippen LogP contribution >= 0.6 is 11.3 Å². The highest BCUT2D eigenvalue weighted by Gasteiger charge is 2.19. The number of fused-ring (bicyclic) bond motifs is 1. The van der Waals surface area contributed by atoms with Crippen LogP contribution in [0.2, 0.25) is 0 Å². The molecule has 0 fully saturated rings. The van der Waals surface area contributed by atoms with Crippen LogP contribution < -0.4 is 10.2 Å². The van der Waals surface area contributed by atoms with Crippen LogP contribution in [-0.4, -0.2) is 19.6 Å². The number of rotatable bonds is 5. The lowest BCUT2D eigenvalue weighted by Crippen LogP contribution is -2.32. The van der Waals surface area contributed by atoms with Gasteiger partial charge in [0.15, 0.2) is 0 Å². The third-order valence-corrected chi connectivity index (χ3v) is 4.90. The molecule has 20 heavy (non-hydrogen) atoms. The Morgan fingerprint density at radius 1 is 1.40 bits per heavy atom. The van der Waals surface area contributed by atoms with Crippen LogP contribution in [-0.2, 0) is 6.42 Å². The van der Waals surface area contributed by atoms with Crippen LogP contribution in [0.4, 0.5) is 10.1 Å². The normalized spacial score (nSPS) is 15.4. The van der Waals surface area contributed by atoms with Crippen molar-refractivity contribution in [3.63, 3.8) is 0 Å². The Morgan fingerprint density at radius 2 is 2.30 bits per heavy atom. The van der Waals surface area contributed by atoms with Gasteiger partial charge in [-0.15, -0.1) is 11.3 Å². The summed E-state index contributed by atoms with van der Waals surface area (Å²) in [6.45, 7) is 5.01. The number of nitrogens with one attached hydrogen (secondary N) is 1. The average Bonchev–Trinajstić information content (AvgIpc) is 3.08. The summed E-state index contributed by atoms with van der Waals surface area (Å²) in [5.41, 5.74) is 2.33. The topological polar surface area (TPSA) is 15.3 Å². The van der Waals surface area contributed by atoms with Gasteiger partial charge in [-0.25, -0.2) is 4.39 Å². The number of benzene rings is 1. The van der Waals surface area contributed by atoms with E-state index >= 15 is 0 Å². The van der Waals surface area contributed by atoms with E-state index in [1.165, 1.54) is 10.4 Å². The third kappa shape index (κ3) is 2.86. The first-order chi connectivity index (χ1) is 9.74. The number of thiophene rings is 1. The molecule has 1 aliphatic rings. The summed E-state index contributed by atoms with van der Waals surface area (Å²) in [5, 5.41) is 5.64. The molecule has 1 unspecified atom stereocenters. The highest BCUT2D eigenvalue weighted by molar-refractivity contribution is 7.10. The van der Waals surface area contributed by atoms with Gasteiger partial charge in [0.25, 0.3) is 0 Å². The molecule has 4 heteroatoms. The molecule has 3 rings (SSSR count). The van der Waals surface area contributed by atoms with E-state index in [4.69, 9.17) is 0 Å². The van der Waals surface area contributed by atoms with E-state index < -0.39 is 0 Å². The van der Waals surface area contributed by atoms with Crippen LogP contribution in [0.1, 0.15) is 23.4 Å². The highest BCUT2D eigenvalue weighted by Crippen LogP contribution is 2.28. The maximum Gasteiger partial charge on any atom is 0.125 e. The van der Waals surface area contributed by atoms with Gasteiger partial charge in [-0.05, 0) is 42.5 Å². The van der Waals surface area contributed by atoms with Crippen LogP contribution in [0.5, 0.6) is 0 Å². The summed E-state index contributed by atoms with van der Waals surface area (Å²) in [6, 6.07) is 9.74. The van der Waals surface area contributed by atoms with Crippen LogP contribution in [0.25, 0.3) is 0 Å². The molecule has 1 aromatic carbocycles. The second-order valence-corrected chi connectivity index (χ2v) is 6.18. The largest absolute Gasteiger partial charge is 0.370 e. The van der Waals surface area contributed by atoms with E-state index in [1.807, 2.05) is 6.07 Å². The van der Waals surface area contributed by atoms with Gasteiger partial charge < -0.3 is 10.2 Å². The maximum atomic E-state index is 13.3. The fraction of sp³-hybridized carbons (Fsp3) is 0.375. The molecule has 2 nitrogen and oxygen atoms in total. The van der Waals surface area contributed by atoms with Crippen molar-refractivity contribution in [3.8, 4) is 0 Å². The van der Waals surface area contributed by atoms with Gasteiger partial charge in [-0.2, -0.15) is 0 Å². The average molecular weight is 290 g/mol. The van der Waals surface area contributed by atoms with Gasteiger partial charge in [0.2, 0.25) is 0 Å². The minimum Gasteiger partial charge on any atom is -0.370 e. The van der Waals surface area contributed by atoms with Crippen molar-refractivity contribution in [2.24, 2.45) is 0 Å². The number of anilines is 1. The predicted octanol–water partition coefficient (Wildman–Crippen LogP) is 3.60. The lowest BCUT2D eigenvalue weighted by atomic mass is 10.2. The number of hydrogen-bond acceptors (Lipinski definition) is 3. The minimum absolute atomic E-state index is 0.143. The van der Waals surface area contributed by atoms with E-state index in [1.54, 1.807) is 23.5 Å². The summed E-state index contributed by atoms with van der Waals surface area (Å²) in [6.07, 6.45) is 1.02. The molecule has 0 aliphatic carbocycles. The van der Waals surface area contributed by atoms with E-state index in [0.29, 0.717) is 6.04 Å². The van der Waals surface area contributed by atoms with Crippen molar-refractivity contribution >= 4 is 17.0 Å². The van der Waals surface area contributed by atoms with Crippen LogP contribution in [0, 0.1) is 5.82 Å². The molecular formula is C16H19FN2S. The SMILES string of the molecule is CC(NCCN1CCc2ccc(F)cc21)c1cccs1. The third-order valence-electron chi connectivity index (χ3n) is 3.84. The van der Waals surface area contributed by atoms with E-state index in [9.17, 15) is 4.39 Å². The standard InChI is InChI=1S/C16H19FN2S/c1-12(16-3-2-10-20-16)18-7-9-19-8-6-13-4-5-14(17)11-15(13)19/h2-5,10-12,18H,6-9H2,1H3. The molecule has 0 amide bonds. The van der Waals surface area contributed by atoms with Crippen molar-refractivity contribution in [2.45, 2.75) is 19.4 Å². The van der Waals surface area contributed by atoms with Crippen molar-refractivity contribution < 1.29 is 4.39 Å². The van der Waals surface area contributed by atoms with Crippen molar-refractivity contribution in [3.05, 3.63) is 52.0 Å². The molecule has 1 atom stereocenters. The van der Waals surface area contributed by atoms with Crippen molar-refractivity contribution in [2.75, 3.05) is 24.5 Å². The molecule has 0 saturated carbocycles. The van der Waals surface area contributed by atoms with Crippen LogP contribution in [0.3, 0.4) is 0 Å². The first-order valence-electron chi connectivity index (χ1n) is 7.04. The van der Waals surface area contributed by atoms with E-state index in [2.05, 4.69) is 34.7 Å². The molecule has 0 saturated heterocycles. The monoisotopic (exact) mass is 290 g/mol. The van der Waals surface area contributed by atoms with Gasteiger partial charge in [0.05, 0.1) is 0 Å². The fourth-order valence-electron chi connectivity index (χ4n) is 2.71. The highest BCUT2D eigenvalue weighted by atomic mass is 32.1. The zero-order chi connectivity index (χ0) is 13.9. The van der Waals surface area contributed by atoms with Gasteiger partial charge >= 0.3 is 0 Å². The molecule has 106 valence electrons. The Kier molecular flexibility index (Phi) is 4.03. The quantitative estimate of drug-likeness (QED) is 0.905. The number of halogens is 1. The van der Waals surface area contributed by atoms with Crippen LogP contribution in [0.15, 0.2) is 35.7 Å². The molecule has 1 aliphatic heterocycles. The first-order valence-corrected chi connectivity index (χ1v) is 7.92. The second-order valence-electron chi connectivity index (χ2n) is 5.20. The maximum absolute atomic E-state index is 13.3. The smallest absolute Gasteiger partial charge is 0.125 e. The molecule has 2 aromatic rings. The van der Waals surface area contributed by atoms with Gasteiger partial charge in [0.1, 0.15) is 5.82 Å². The summed E-state index contributed by atoms with van der Waals surface area (Å²) >= 11 is 1.78. The molecule has 2 heterocycles. The number of nitrogens with zero attached hydrogens (tertiary/aromatic N) is 1. The molecule has 0 spiro atoms. The van der Waals surface area contributed by atoms with Gasteiger partial charge in [0, 0.05) is 36.2 Å². The lowest BCUT2D eigenvalue weighted by Gasteiger charge is -2.21. The van der Waals surface area contributed by atoms with Gasteiger partial charge in [-0.3, -0.25) is 0 Å². The summed E-state index contributed by atoms with van der Waals surface area (Å²) in [5.74, 6) is -0.143. The molecule has 0 bridgehead atoms. The van der Waals surface area contributed by atoms with Crippen molar-refractivity contribution in [1.29, 1.82) is 0 Å².